The Kier molecular flexibility index (Phi) is 8.73. The molecule has 1 aliphatic rings. The summed E-state index contributed by atoms with van der Waals surface area (Å²) >= 11 is 6.11. The van der Waals surface area contributed by atoms with Gasteiger partial charge < -0.3 is 19.5 Å². The Morgan fingerprint density at radius 1 is 1.14 bits per heavy atom. The first-order valence-corrected chi connectivity index (χ1v) is 14.1. The first-order valence-electron chi connectivity index (χ1n) is 12.2. The third-order valence-electron chi connectivity index (χ3n) is 6.71. The van der Waals surface area contributed by atoms with Crippen LogP contribution in [0.5, 0.6) is 5.75 Å². The average Bonchev–Trinajstić information content (AvgIpc) is 3.24. The molecule has 0 radical (unpaired) electrons. The quantitative estimate of drug-likeness (QED) is 0.373. The van der Waals surface area contributed by atoms with E-state index in [0.29, 0.717) is 36.4 Å². The number of hydrogen-bond acceptors (Lipinski definition) is 5. The fourth-order valence-corrected chi connectivity index (χ4v) is 5.69. The van der Waals surface area contributed by atoms with Gasteiger partial charge >= 0.3 is 0 Å². The molecule has 35 heavy (non-hydrogen) atoms. The topological polar surface area (TPSA) is 77.7 Å². The number of nitrogens with one attached hydrogen (secondary N) is 2. The molecule has 0 bridgehead atoms. The lowest BCUT2D eigenvalue weighted by Gasteiger charge is -2.37. The molecule has 2 aromatic carbocycles. The molecular formula is C26H35ClN4O3S. The van der Waals surface area contributed by atoms with Gasteiger partial charge in [-0.1, -0.05) is 11.6 Å². The maximum Gasteiger partial charge on any atom is 0.240 e. The van der Waals surface area contributed by atoms with Crippen molar-refractivity contribution < 1.29 is 13.2 Å². The van der Waals surface area contributed by atoms with Crippen molar-refractivity contribution in [1.82, 2.24) is 19.5 Å². The summed E-state index contributed by atoms with van der Waals surface area (Å²) in [6.45, 7) is 7.53. The van der Waals surface area contributed by atoms with Crippen molar-refractivity contribution in [2.24, 2.45) is 0 Å². The normalized spacial score (nSPS) is 17.7. The van der Waals surface area contributed by atoms with Crippen molar-refractivity contribution in [2.75, 3.05) is 46.4 Å². The number of piperazine rings is 1. The number of aryl methyl sites for hydroxylation is 1. The molecule has 0 unspecified atom stereocenters. The average molecular weight is 519 g/mol. The molecule has 0 amide bonds. The Balaban J connectivity index is 1.19. The van der Waals surface area contributed by atoms with Crippen molar-refractivity contribution in [3.05, 3.63) is 59.2 Å². The number of hydrogen-bond donors (Lipinski definition) is 2. The predicted molar refractivity (Wildman–Crippen MR) is 142 cm³/mol. The molecule has 0 spiro atoms. The van der Waals surface area contributed by atoms with Gasteiger partial charge in [-0.25, -0.2) is 13.1 Å². The fourth-order valence-electron chi connectivity index (χ4n) is 4.45. The number of benzene rings is 2. The standard InChI is InChI=1S/C26H35ClN4O3S/c1-20-19-31(15-14-30(20)2)13-4-16-34-23-7-9-24(10-8-23)35(32,33)29-12-3-5-21-18-28-26-11-6-22(27)17-25(21)26/h6-11,17-18,20,28-29H,3-5,12-16,19H2,1-2H3/t20-/m0/s1. The van der Waals surface area contributed by atoms with Crippen molar-refractivity contribution in [3.8, 4) is 5.75 Å². The highest BCUT2D eigenvalue weighted by molar-refractivity contribution is 7.89. The maximum absolute atomic E-state index is 12.7. The van der Waals surface area contributed by atoms with Crippen LogP contribution in [0.3, 0.4) is 0 Å². The van der Waals surface area contributed by atoms with Crippen LogP contribution in [0.1, 0.15) is 25.3 Å². The van der Waals surface area contributed by atoms with E-state index in [1.54, 1.807) is 24.3 Å². The number of fused-ring (bicyclic) bond motifs is 1. The Morgan fingerprint density at radius 3 is 2.71 bits per heavy atom. The van der Waals surface area contributed by atoms with E-state index < -0.39 is 10.0 Å². The molecule has 1 aromatic heterocycles. The van der Waals surface area contributed by atoms with Crippen molar-refractivity contribution in [3.63, 3.8) is 0 Å². The van der Waals surface area contributed by atoms with Crippen LogP contribution in [0.25, 0.3) is 10.9 Å². The molecule has 2 N–H and O–H groups in total. The number of aromatic nitrogens is 1. The summed E-state index contributed by atoms with van der Waals surface area (Å²) in [6, 6.07) is 13.0. The van der Waals surface area contributed by atoms with E-state index >= 15 is 0 Å². The third-order valence-corrected chi connectivity index (χ3v) is 8.42. The summed E-state index contributed by atoms with van der Waals surface area (Å²) in [6.07, 6.45) is 4.34. The molecule has 1 saturated heterocycles. The SMILES string of the molecule is C[C@H]1CN(CCCOc2ccc(S(=O)(=O)NCCCc3c[nH]c4ccc(Cl)cc34)cc2)CCN1C. The summed E-state index contributed by atoms with van der Waals surface area (Å²) in [4.78, 5) is 8.34. The Hall–Kier alpha value is -2.10. The number of H-pyrrole nitrogens is 1. The van der Waals surface area contributed by atoms with Gasteiger partial charge in [0, 0.05) is 60.9 Å². The molecule has 1 atom stereocenters. The molecule has 1 fully saturated rings. The van der Waals surface area contributed by atoms with Gasteiger partial charge in [0.15, 0.2) is 0 Å². The van der Waals surface area contributed by atoms with Crippen LogP contribution in [-0.2, 0) is 16.4 Å². The first kappa shape index (κ1) is 26.0. The lowest BCUT2D eigenvalue weighted by Crippen LogP contribution is -2.50. The maximum atomic E-state index is 12.7. The minimum atomic E-state index is -3.56. The molecule has 4 rings (SSSR count). The molecule has 0 saturated carbocycles. The lowest BCUT2D eigenvalue weighted by atomic mass is 10.1. The molecule has 3 aromatic rings. The zero-order valence-corrected chi connectivity index (χ0v) is 22.0. The zero-order valence-electron chi connectivity index (χ0n) is 20.5. The number of nitrogens with zero attached hydrogens (tertiary/aromatic N) is 2. The van der Waals surface area contributed by atoms with Gasteiger partial charge in [-0.15, -0.1) is 0 Å². The van der Waals surface area contributed by atoms with E-state index in [4.69, 9.17) is 16.3 Å². The first-order chi connectivity index (χ1) is 16.8. The third kappa shape index (κ3) is 6.98. The smallest absolute Gasteiger partial charge is 0.240 e. The van der Waals surface area contributed by atoms with Gasteiger partial charge in [0.05, 0.1) is 11.5 Å². The van der Waals surface area contributed by atoms with Crippen LogP contribution in [0.15, 0.2) is 53.6 Å². The van der Waals surface area contributed by atoms with E-state index in [9.17, 15) is 8.42 Å². The Bertz CT molecular complexity index is 1210. The molecular weight excluding hydrogens is 484 g/mol. The van der Waals surface area contributed by atoms with Crippen LogP contribution < -0.4 is 9.46 Å². The van der Waals surface area contributed by atoms with Gasteiger partial charge in [-0.05, 0) is 81.3 Å². The van der Waals surface area contributed by atoms with Crippen LogP contribution in [0.4, 0.5) is 0 Å². The number of sulfonamides is 1. The van der Waals surface area contributed by atoms with Gasteiger partial charge in [0.25, 0.3) is 0 Å². The largest absolute Gasteiger partial charge is 0.494 e. The fraction of sp³-hybridized carbons (Fsp3) is 0.462. The highest BCUT2D eigenvalue weighted by Crippen LogP contribution is 2.23. The van der Waals surface area contributed by atoms with Gasteiger partial charge in [-0.2, -0.15) is 0 Å². The Labute approximate surface area is 213 Å². The van der Waals surface area contributed by atoms with E-state index in [2.05, 4.69) is 33.5 Å². The summed E-state index contributed by atoms with van der Waals surface area (Å²) in [5.74, 6) is 0.689. The van der Waals surface area contributed by atoms with Crippen molar-refractivity contribution in [1.29, 1.82) is 0 Å². The van der Waals surface area contributed by atoms with Crippen molar-refractivity contribution >= 4 is 32.5 Å². The number of ether oxygens (including phenoxy) is 1. The van der Waals surface area contributed by atoms with Crippen LogP contribution in [0.2, 0.25) is 5.02 Å². The summed E-state index contributed by atoms with van der Waals surface area (Å²) in [7, 11) is -1.39. The highest BCUT2D eigenvalue weighted by Gasteiger charge is 2.20. The monoisotopic (exact) mass is 518 g/mol. The summed E-state index contributed by atoms with van der Waals surface area (Å²) in [5, 5.41) is 1.77. The predicted octanol–water partition coefficient (Wildman–Crippen LogP) is 4.14. The number of rotatable bonds is 11. The van der Waals surface area contributed by atoms with Crippen LogP contribution in [0, 0.1) is 0 Å². The number of halogens is 1. The van der Waals surface area contributed by atoms with Crippen molar-refractivity contribution in [2.45, 2.75) is 37.1 Å². The second-order valence-electron chi connectivity index (χ2n) is 9.31. The van der Waals surface area contributed by atoms with Crippen LogP contribution in [-0.4, -0.2) is 75.6 Å². The van der Waals surface area contributed by atoms with Gasteiger partial charge in [0.2, 0.25) is 10.0 Å². The minimum Gasteiger partial charge on any atom is -0.494 e. The molecule has 2 heterocycles. The molecule has 190 valence electrons. The second-order valence-corrected chi connectivity index (χ2v) is 11.5. The lowest BCUT2D eigenvalue weighted by molar-refractivity contribution is 0.100. The second kappa shape index (κ2) is 11.8. The molecule has 0 aliphatic carbocycles. The summed E-state index contributed by atoms with van der Waals surface area (Å²) < 4.78 is 33.9. The highest BCUT2D eigenvalue weighted by atomic mass is 35.5. The van der Waals surface area contributed by atoms with E-state index in [1.807, 2.05) is 24.4 Å². The van der Waals surface area contributed by atoms with E-state index in [-0.39, 0.29) is 4.90 Å². The van der Waals surface area contributed by atoms with E-state index in [1.165, 1.54) is 0 Å². The molecule has 9 heteroatoms. The van der Waals surface area contributed by atoms with E-state index in [0.717, 1.165) is 55.5 Å². The molecule has 1 aliphatic heterocycles. The zero-order chi connectivity index (χ0) is 24.8. The van der Waals surface area contributed by atoms with Gasteiger partial charge in [-0.3, -0.25) is 0 Å². The number of aromatic amines is 1. The van der Waals surface area contributed by atoms with Gasteiger partial charge in [0.1, 0.15) is 5.75 Å². The summed E-state index contributed by atoms with van der Waals surface area (Å²) in [5.41, 5.74) is 2.16. The Morgan fingerprint density at radius 2 is 1.94 bits per heavy atom. The molecule has 7 nitrogen and oxygen atoms in total. The minimum absolute atomic E-state index is 0.246. The number of likely N-dealkylation sites (N-methyl/N-ethyl adjacent to an activating group) is 1. The van der Waals surface area contributed by atoms with Crippen LogP contribution >= 0.6 is 11.6 Å².